The summed E-state index contributed by atoms with van der Waals surface area (Å²) in [5.74, 6) is -0.269. The van der Waals surface area contributed by atoms with E-state index in [9.17, 15) is 9.59 Å². The third-order valence-corrected chi connectivity index (χ3v) is 5.45. The highest BCUT2D eigenvalue weighted by Gasteiger charge is 2.19. The molecule has 0 bridgehead atoms. The van der Waals surface area contributed by atoms with E-state index in [0.717, 1.165) is 16.0 Å². The topological polar surface area (TPSA) is 72.0 Å². The molecule has 0 radical (unpaired) electrons. The van der Waals surface area contributed by atoms with Crippen molar-refractivity contribution in [2.45, 2.75) is 20.8 Å². The van der Waals surface area contributed by atoms with Gasteiger partial charge < -0.3 is 9.72 Å². The van der Waals surface area contributed by atoms with Crippen LogP contribution < -0.4 is 5.56 Å². The van der Waals surface area contributed by atoms with Crippen molar-refractivity contribution >= 4 is 50.5 Å². The lowest BCUT2D eigenvalue weighted by molar-refractivity contribution is -0.136. The van der Waals surface area contributed by atoms with Crippen LogP contribution in [-0.4, -0.2) is 22.5 Å². The Morgan fingerprint density at radius 3 is 2.88 bits per heavy atom. The number of H-pyrrole nitrogens is 1. The molecule has 0 atom stereocenters. The van der Waals surface area contributed by atoms with Crippen molar-refractivity contribution in [2.75, 3.05) is 6.61 Å². The second-order valence-corrected chi connectivity index (χ2v) is 7.20. The van der Waals surface area contributed by atoms with Crippen LogP contribution >= 0.6 is 22.7 Å². The number of aromatic nitrogens is 2. The SMILES string of the molecule is CCOC(=O)/C(=C\c1ccsc1)c1nc2sc(C)c(C)c2c(=O)[nH]1. The number of rotatable bonds is 4. The molecule has 5 nitrogen and oxygen atoms in total. The van der Waals surface area contributed by atoms with Crippen LogP contribution in [0, 0.1) is 13.8 Å². The Hall–Kier alpha value is -2.25. The summed E-state index contributed by atoms with van der Waals surface area (Å²) in [4.78, 5) is 33.7. The summed E-state index contributed by atoms with van der Waals surface area (Å²) in [5.41, 5.74) is 1.80. The van der Waals surface area contributed by atoms with E-state index in [1.54, 1.807) is 13.0 Å². The molecule has 24 heavy (non-hydrogen) atoms. The predicted molar refractivity (Wildman–Crippen MR) is 98.5 cm³/mol. The van der Waals surface area contributed by atoms with Crippen LogP contribution in [0.3, 0.4) is 0 Å². The maximum absolute atomic E-state index is 12.5. The van der Waals surface area contributed by atoms with Crippen molar-refractivity contribution in [1.82, 2.24) is 9.97 Å². The van der Waals surface area contributed by atoms with Gasteiger partial charge in [0.15, 0.2) is 0 Å². The van der Waals surface area contributed by atoms with Crippen LogP contribution in [0.5, 0.6) is 0 Å². The molecule has 0 aromatic carbocycles. The Bertz CT molecular complexity index is 981. The smallest absolute Gasteiger partial charge is 0.341 e. The number of ether oxygens (including phenoxy) is 1. The monoisotopic (exact) mass is 360 g/mol. The first-order chi connectivity index (χ1) is 11.5. The van der Waals surface area contributed by atoms with Gasteiger partial charge in [-0.15, -0.1) is 11.3 Å². The fourth-order valence-electron chi connectivity index (χ4n) is 2.34. The number of nitrogens with zero attached hydrogens (tertiary/aromatic N) is 1. The van der Waals surface area contributed by atoms with Gasteiger partial charge in [0.05, 0.1) is 12.0 Å². The Morgan fingerprint density at radius 1 is 1.42 bits per heavy atom. The minimum atomic E-state index is -0.504. The Labute approximate surface area is 146 Å². The number of carbonyl (C=O) groups excluding carboxylic acids is 1. The first kappa shape index (κ1) is 16.6. The molecule has 7 heteroatoms. The zero-order valence-corrected chi connectivity index (χ0v) is 15.1. The number of thiophene rings is 2. The Morgan fingerprint density at radius 2 is 2.21 bits per heavy atom. The van der Waals surface area contributed by atoms with Crippen LogP contribution in [-0.2, 0) is 9.53 Å². The molecule has 0 saturated carbocycles. The minimum absolute atomic E-state index is 0.235. The molecule has 0 saturated heterocycles. The average Bonchev–Trinajstić information content (AvgIpc) is 3.14. The third-order valence-electron chi connectivity index (χ3n) is 3.64. The van der Waals surface area contributed by atoms with E-state index >= 15 is 0 Å². The molecule has 0 aliphatic heterocycles. The van der Waals surface area contributed by atoms with E-state index in [-0.39, 0.29) is 23.6 Å². The van der Waals surface area contributed by atoms with Gasteiger partial charge in [0.2, 0.25) is 0 Å². The van der Waals surface area contributed by atoms with Crippen molar-refractivity contribution in [3.8, 4) is 0 Å². The van der Waals surface area contributed by atoms with E-state index in [1.165, 1.54) is 22.7 Å². The molecular formula is C17H16N2O3S2. The van der Waals surface area contributed by atoms with Crippen molar-refractivity contribution in [2.24, 2.45) is 0 Å². The lowest BCUT2D eigenvalue weighted by atomic mass is 10.1. The number of aromatic amines is 1. The lowest BCUT2D eigenvalue weighted by Crippen LogP contribution is -2.15. The van der Waals surface area contributed by atoms with Gasteiger partial charge in [-0.1, -0.05) is 0 Å². The molecule has 0 aliphatic carbocycles. The van der Waals surface area contributed by atoms with E-state index in [0.29, 0.717) is 10.2 Å². The maximum atomic E-state index is 12.5. The molecule has 3 heterocycles. The van der Waals surface area contributed by atoms with Gasteiger partial charge in [0, 0.05) is 4.88 Å². The summed E-state index contributed by atoms with van der Waals surface area (Å²) < 4.78 is 5.13. The first-order valence-corrected chi connectivity index (χ1v) is 9.18. The summed E-state index contributed by atoms with van der Waals surface area (Å²) in [6.07, 6.45) is 1.69. The van der Waals surface area contributed by atoms with Crippen LogP contribution in [0.4, 0.5) is 0 Å². The molecule has 0 spiro atoms. The van der Waals surface area contributed by atoms with Crippen LogP contribution in [0.1, 0.15) is 28.8 Å². The quantitative estimate of drug-likeness (QED) is 0.568. The highest BCUT2D eigenvalue weighted by Crippen LogP contribution is 2.27. The predicted octanol–water partition coefficient (Wildman–Crippen LogP) is 3.77. The Balaban J connectivity index is 2.19. The molecule has 1 N–H and O–H groups in total. The fourth-order valence-corrected chi connectivity index (χ4v) is 3.99. The van der Waals surface area contributed by atoms with Gasteiger partial charge in [-0.05, 0) is 54.8 Å². The molecule has 124 valence electrons. The molecule has 0 amide bonds. The summed E-state index contributed by atoms with van der Waals surface area (Å²) in [6.45, 7) is 5.85. The van der Waals surface area contributed by atoms with E-state index < -0.39 is 5.97 Å². The molecule has 3 aromatic heterocycles. The summed E-state index contributed by atoms with van der Waals surface area (Å²) in [7, 11) is 0. The minimum Gasteiger partial charge on any atom is -0.462 e. The fraction of sp³-hybridized carbons (Fsp3) is 0.235. The molecule has 3 aromatic rings. The Kier molecular flexibility index (Phi) is 4.64. The number of hydrogen-bond acceptors (Lipinski definition) is 6. The van der Waals surface area contributed by atoms with E-state index in [2.05, 4.69) is 9.97 Å². The lowest BCUT2D eigenvalue weighted by Gasteiger charge is -2.06. The first-order valence-electron chi connectivity index (χ1n) is 7.42. The van der Waals surface area contributed by atoms with Crippen molar-refractivity contribution < 1.29 is 9.53 Å². The number of carbonyl (C=O) groups is 1. The third kappa shape index (κ3) is 3.05. The van der Waals surface area contributed by atoms with Gasteiger partial charge in [-0.3, -0.25) is 4.79 Å². The number of esters is 1. The number of hydrogen-bond donors (Lipinski definition) is 1. The normalized spacial score (nSPS) is 11.9. The molecule has 0 fully saturated rings. The van der Waals surface area contributed by atoms with Gasteiger partial charge in [-0.25, -0.2) is 9.78 Å². The van der Waals surface area contributed by atoms with Gasteiger partial charge in [-0.2, -0.15) is 11.3 Å². The zero-order valence-electron chi connectivity index (χ0n) is 13.5. The summed E-state index contributed by atoms with van der Waals surface area (Å²) in [5, 5.41) is 4.41. The van der Waals surface area contributed by atoms with E-state index in [1.807, 2.05) is 30.7 Å². The van der Waals surface area contributed by atoms with Crippen molar-refractivity contribution in [3.05, 3.63) is 49.0 Å². The van der Waals surface area contributed by atoms with Gasteiger partial charge in [0.1, 0.15) is 16.2 Å². The second kappa shape index (κ2) is 6.70. The maximum Gasteiger partial charge on any atom is 0.341 e. The highest BCUT2D eigenvalue weighted by molar-refractivity contribution is 7.18. The van der Waals surface area contributed by atoms with Crippen LogP contribution in [0.15, 0.2) is 21.6 Å². The molecule has 0 unspecified atom stereocenters. The van der Waals surface area contributed by atoms with E-state index in [4.69, 9.17) is 4.74 Å². The zero-order chi connectivity index (χ0) is 17.3. The van der Waals surface area contributed by atoms with Gasteiger partial charge >= 0.3 is 5.97 Å². The number of aryl methyl sites for hydroxylation is 2. The molecule has 0 aliphatic rings. The van der Waals surface area contributed by atoms with Crippen molar-refractivity contribution in [1.29, 1.82) is 0 Å². The second-order valence-electron chi connectivity index (χ2n) is 5.21. The summed E-state index contributed by atoms with van der Waals surface area (Å²) >= 11 is 2.97. The van der Waals surface area contributed by atoms with Gasteiger partial charge in [0.25, 0.3) is 5.56 Å². The van der Waals surface area contributed by atoms with Crippen LogP contribution in [0.25, 0.3) is 21.9 Å². The highest BCUT2D eigenvalue weighted by atomic mass is 32.1. The number of fused-ring (bicyclic) bond motifs is 1. The van der Waals surface area contributed by atoms with Crippen LogP contribution in [0.2, 0.25) is 0 Å². The standard InChI is InChI=1S/C17H16N2O3S2/c1-4-22-17(21)12(7-11-5-6-23-8-11)14-18-15(20)13-9(2)10(3)24-16(13)19-14/h5-8H,4H2,1-3H3,(H,18,19,20)/b12-7-. The number of nitrogens with one attached hydrogen (secondary N) is 1. The average molecular weight is 360 g/mol. The largest absolute Gasteiger partial charge is 0.462 e. The molecular weight excluding hydrogens is 344 g/mol. The summed E-state index contributed by atoms with van der Waals surface area (Å²) in [6, 6.07) is 1.89. The molecule has 3 rings (SSSR count). The van der Waals surface area contributed by atoms with Crippen molar-refractivity contribution in [3.63, 3.8) is 0 Å².